The van der Waals surface area contributed by atoms with Gasteiger partial charge in [0, 0.05) is 6.07 Å². The molecule has 0 atom stereocenters. The number of amides is 1. The number of rotatable bonds is 2. The molecule has 2 aromatic carbocycles. The zero-order valence-electron chi connectivity index (χ0n) is 10.3. The Hall–Kier alpha value is -2.69. The monoisotopic (exact) mass is 258 g/mol. The van der Waals surface area contributed by atoms with Gasteiger partial charge in [-0.2, -0.15) is 0 Å². The van der Waals surface area contributed by atoms with Gasteiger partial charge in [0.1, 0.15) is 11.5 Å². The average Bonchev–Trinajstić information content (AvgIpc) is 2.33. The number of para-hydroxylation sites is 1. The van der Waals surface area contributed by atoms with Crippen molar-refractivity contribution in [2.75, 3.05) is 11.1 Å². The van der Waals surface area contributed by atoms with Crippen LogP contribution in [0.2, 0.25) is 0 Å². The molecule has 0 bridgehead atoms. The first-order chi connectivity index (χ1) is 8.99. The zero-order chi connectivity index (χ0) is 14.0. The Morgan fingerprint density at radius 1 is 1.21 bits per heavy atom. The van der Waals surface area contributed by atoms with Crippen molar-refractivity contribution in [1.29, 1.82) is 0 Å². The first kappa shape index (κ1) is 12.8. The summed E-state index contributed by atoms with van der Waals surface area (Å²) >= 11 is 0. The molecule has 0 aliphatic heterocycles. The number of aryl methyl sites for hydroxylation is 1. The minimum absolute atomic E-state index is 0.0699. The lowest BCUT2D eigenvalue weighted by atomic mass is 10.1. The van der Waals surface area contributed by atoms with Crippen LogP contribution in [-0.4, -0.2) is 16.1 Å². The number of phenolic OH excluding ortho intramolecular Hbond substituents is 2. The van der Waals surface area contributed by atoms with Gasteiger partial charge in [-0.15, -0.1) is 0 Å². The fourth-order valence-electron chi connectivity index (χ4n) is 1.75. The molecule has 19 heavy (non-hydrogen) atoms. The summed E-state index contributed by atoms with van der Waals surface area (Å²) in [6, 6.07) is 9.07. The van der Waals surface area contributed by atoms with E-state index in [2.05, 4.69) is 5.32 Å². The maximum absolute atomic E-state index is 12.0. The van der Waals surface area contributed by atoms with Gasteiger partial charge in [-0.1, -0.05) is 12.1 Å². The van der Waals surface area contributed by atoms with Gasteiger partial charge < -0.3 is 21.3 Å². The summed E-state index contributed by atoms with van der Waals surface area (Å²) < 4.78 is 0. The Labute approximate surface area is 110 Å². The highest BCUT2D eigenvalue weighted by Crippen LogP contribution is 2.26. The second-order valence-electron chi connectivity index (χ2n) is 4.19. The molecule has 0 aliphatic rings. The van der Waals surface area contributed by atoms with Crippen molar-refractivity contribution in [2.45, 2.75) is 6.92 Å². The lowest BCUT2D eigenvalue weighted by Gasteiger charge is -2.11. The van der Waals surface area contributed by atoms with Gasteiger partial charge in [-0.25, -0.2) is 0 Å². The van der Waals surface area contributed by atoms with E-state index in [9.17, 15) is 15.0 Å². The third kappa shape index (κ3) is 2.60. The van der Waals surface area contributed by atoms with Crippen LogP contribution in [0.3, 0.4) is 0 Å². The fraction of sp³-hybridized carbons (Fsp3) is 0.0714. The fourth-order valence-corrected chi connectivity index (χ4v) is 1.75. The summed E-state index contributed by atoms with van der Waals surface area (Å²) in [5.74, 6) is -0.882. The molecule has 0 heterocycles. The summed E-state index contributed by atoms with van der Waals surface area (Å²) in [5.41, 5.74) is 7.65. The molecule has 98 valence electrons. The van der Waals surface area contributed by atoms with Crippen LogP contribution in [0.15, 0.2) is 36.4 Å². The number of phenols is 2. The van der Waals surface area contributed by atoms with Crippen LogP contribution in [0, 0.1) is 6.92 Å². The minimum atomic E-state index is -0.487. The van der Waals surface area contributed by atoms with Crippen LogP contribution in [0.1, 0.15) is 15.9 Å². The number of hydrogen-bond donors (Lipinski definition) is 4. The molecule has 2 rings (SSSR count). The molecule has 5 heteroatoms. The van der Waals surface area contributed by atoms with Crippen LogP contribution < -0.4 is 11.1 Å². The normalized spacial score (nSPS) is 10.2. The maximum Gasteiger partial charge on any atom is 0.259 e. The van der Waals surface area contributed by atoms with Gasteiger partial charge >= 0.3 is 0 Å². The van der Waals surface area contributed by atoms with Crippen LogP contribution in [0.5, 0.6) is 11.5 Å². The van der Waals surface area contributed by atoms with Crippen molar-refractivity contribution < 1.29 is 15.0 Å². The largest absolute Gasteiger partial charge is 0.508 e. The Morgan fingerprint density at radius 2 is 1.95 bits per heavy atom. The Balaban J connectivity index is 2.31. The van der Waals surface area contributed by atoms with E-state index >= 15 is 0 Å². The predicted octanol–water partition coefficient (Wildman–Crippen LogP) is 2.24. The Kier molecular flexibility index (Phi) is 3.29. The van der Waals surface area contributed by atoms with Crippen LogP contribution >= 0.6 is 0 Å². The molecule has 5 nitrogen and oxygen atoms in total. The number of carbonyl (C=O) groups is 1. The molecule has 0 saturated heterocycles. The van der Waals surface area contributed by atoms with E-state index in [0.29, 0.717) is 11.4 Å². The van der Waals surface area contributed by atoms with Crippen molar-refractivity contribution >= 4 is 17.3 Å². The lowest BCUT2D eigenvalue weighted by Crippen LogP contribution is -2.14. The number of nitrogen functional groups attached to an aromatic ring is 1. The highest BCUT2D eigenvalue weighted by atomic mass is 16.3. The topological polar surface area (TPSA) is 95.6 Å². The quantitative estimate of drug-likeness (QED) is 0.621. The highest BCUT2D eigenvalue weighted by Gasteiger charge is 2.14. The summed E-state index contributed by atoms with van der Waals surface area (Å²) in [4.78, 5) is 12.0. The minimum Gasteiger partial charge on any atom is -0.508 e. The highest BCUT2D eigenvalue weighted by molar-refractivity contribution is 6.08. The standard InChI is InChI=1S/C14H14N2O3/c1-8-3-2-4-11(15)13(8)16-14(19)10-6-5-9(17)7-12(10)18/h2-7,17-18H,15H2,1H3,(H,16,19). The predicted molar refractivity (Wildman–Crippen MR) is 73.3 cm³/mol. The molecular weight excluding hydrogens is 244 g/mol. The van der Waals surface area contributed by atoms with Crippen molar-refractivity contribution in [3.05, 3.63) is 47.5 Å². The smallest absolute Gasteiger partial charge is 0.259 e. The van der Waals surface area contributed by atoms with Gasteiger partial charge in [-0.05, 0) is 30.7 Å². The molecule has 0 aliphatic carbocycles. The van der Waals surface area contributed by atoms with E-state index in [1.807, 2.05) is 13.0 Å². The summed E-state index contributed by atoms with van der Waals surface area (Å²) in [6.45, 7) is 1.82. The van der Waals surface area contributed by atoms with E-state index in [0.717, 1.165) is 11.6 Å². The molecule has 0 radical (unpaired) electrons. The molecule has 5 N–H and O–H groups in total. The van der Waals surface area contributed by atoms with Crippen molar-refractivity contribution in [1.82, 2.24) is 0 Å². The van der Waals surface area contributed by atoms with Gasteiger partial charge in [0.15, 0.2) is 0 Å². The molecule has 0 aromatic heterocycles. The number of nitrogens with two attached hydrogens (primary N) is 1. The number of benzene rings is 2. The average molecular weight is 258 g/mol. The van der Waals surface area contributed by atoms with E-state index < -0.39 is 5.91 Å². The maximum atomic E-state index is 12.0. The molecular formula is C14H14N2O3. The second-order valence-corrected chi connectivity index (χ2v) is 4.19. The van der Waals surface area contributed by atoms with Gasteiger partial charge in [0.05, 0.1) is 16.9 Å². The number of hydrogen-bond acceptors (Lipinski definition) is 4. The van der Waals surface area contributed by atoms with Gasteiger partial charge in [0.25, 0.3) is 5.91 Å². The lowest BCUT2D eigenvalue weighted by molar-refractivity contribution is 0.102. The van der Waals surface area contributed by atoms with E-state index in [1.54, 1.807) is 12.1 Å². The van der Waals surface area contributed by atoms with Gasteiger partial charge in [0.2, 0.25) is 0 Å². The molecule has 0 saturated carbocycles. The van der Waals surface area contributed by atoms with Crippen LogP contribution in [0.25, 0.3) is 0 Å². The van der Waals surface area contributed by atoms with Crippen molar-refractivity contribution in [3.8, 4) is 11.5 Å². The molecule has 2 aromatic rings. The van der Waals surface area contributed by atoms with E-state index in [1.165, 1.54) is 12.1 Å². The summed E-state index contributed by atoms with van der Waals surface area (Å²) in [7, 11) is 0. The van der Waals surface area contributed by atoms with Crippen LogP contribution in [-0.2, 0) is 0 Å². The number of aromatic hydroxyl groups is 2. The van der Waals surface area contributed by atoms with Crippen molar-refractivity contribution in [3.63, 3.8) is 0 Å². The molecule has 0 unspecified atom stereocenters. The Morgan fingerprint density at radius 3 is 2.58 bits per heavy atom. The zero-order valence-corrected chi connectivity index (χ0v) is 10.3. The third-order valence-corrected chi connectivity index (χ3v) is 2.77. The Bertz CT molecular complexity index is 618. The molecule has 1 amide bonds. The number of nitrogens with one attached hydrogen (secondary N) is 1. The first-order valence-corrected chi connectivity index (χ1v) is 5.67. The molecule has 0 fully saturated rings. The van der Waals surface area contributed by atoms with Crippen molar-refractivity contribution in [2.24, 2.45) is 0 Å². The van der Waals surface area contributed by atoms with Crippen LogP contribution in [0.4, 0.5) is 11.4 Å². The summed E-state index contributed by atoms with van der Waals surface area (Å²) in [5, 5.41) is 21.5. The second kappa shape index (κ2) is 4.89. The third-order valence-electron chi connectivity index (χ3n) is 2.77. The summed E-state index contributed by atoms with van der Waals surface area (Å²) in [6.07, 6.45) is 0. The number of carbonyl (C=O) groups excluding carboxylic acids is 1. The SMILES string of the molecule is Cc1cccc(N)c1NC(=O)c1ccc(O)cc1O. The first-order valence-electron chi connectivity index (χ1n) is 5.67. The van der Waals surface area contributed by atoms with E-state index in [-0.39, 0.29) is 17.1 Å². The van der Waals surface area contributed by atoms with E-state index in [4.69, 9.17) is 5.73 Å². The molecule has 0 spiro atoms. The number of anilines is 2. The van der Waals surface area contributed by atoms with Gasteiger partial charge in [-0.3, -0.25) is 4.79 Å².